The summed E-state index contributed by atoms with van der Waals surface area (Å²) in [4.78, 5) is 0. The first-order valence-corrected chi connectivity index (χ1v) is 9.78. The Morgan fingerprint density at radius 2 is 1.54 bits per heavy atom. The van der Waals surface area contributed by atoms with Crippen LogP contribution in [0, 0.1) is 6.92 Å². The molecule has 4 rings (SSSR count). The maximum atomic E-state index is 6.07. The number of ether oxygens (including phenoxy) is 1. The second-order valence-corrected chi connectivity index (χ2v) is 8.15. The Labute approximate surface area is 149 Å². The van der Waals surface area contributed by atoms with Crippen molar-refractivity contribution in [3.8, 4) is 5.75 Å². The predicted octanol–water partition coefficient (Wildman–Crippen LogP) is 4.29. The summed E-state index contributed by atoms with van der Waals surface area (Å²) in [7, 11) is 0. The summed E-state index contributed by atoms with van der Waals surface area (Å²) in [6, 6.07) is 27.9. The van der Waals surface area contributed by atoms with Crippen LogP contribution in [-0.2, 0) is 0 Å². The molecule has 0 N–H and O–H groups in total. The van der Waals surface area contributed by atoms with Gasteiger partial charge in [0.25, 0.3) is 0 Å². The van der Waals surface area contributed by atoms with Crippen LogP contribution in [0.5, 0.6) is 5.75 Å². The Bertz CT molecular complexity index is 882. The van der Waals surface area contributed by atoms with Gasteiger partial charge in [-0.1, -0.05) is 0 Å². The van der Waals surface area contributed by atoms with Crippen molar-refractivity contribution >= 4 is 29.5 Å². The van der Waals surface area contributed by atoms with Crippen LogP contribution in [0.15, 0.2) is 78.9 Å². The van der Waals surface area contributed by atoms with Gasteiger partial charge in [-0.05, 0) is 0 Å². The van der Waals surface area contributed by atoms with E-state index in [2.05, 4.69) is 85.8 Å². The van der Waals surface area contributed by atoms with Crippen LogP contribution in [0.3, 0.4) is 0 Å². The van der Waals surface area contributed by atoms with Gasteiger partial charge in [-0.25, -0.2) is 0 Å². The molecular formula is C22H18OSe. The van der Waals surface area contributed by atoms with Crippen molar-refractivity contribution in [1.82, 2.24) is 0 Å². The van der Waals surface area contributed by atoms with Gasteiger partial charge in [0.05, 0.1) is 0 Å². The van der Waals surface area contributed by atoms with E-state index in [4.69, 9.17) is 4.74 Å². The Morgan fingerprint density at radius 3 is 2.29 bits per heavy atom. The zero-order valence-corrected chi connectivity index (χ0v) is 15.2. The summed E-state index contributed by atoms with van der Waals surface area (Å²) in [6.45, 7) is 2.79. The second-order valence-electron chi connectivity index (χ2n) is 5.88. The van der Waals surface area contributed by atoms with Crippen molar-refractivity contribution in [2.45, 2.75) is 6.92 Å². The summed E-state index contributed by atoms with van der Waals surface area (Å²) in [5, 5.41) is 0. The van der Waals surface area contributed by atoms with Crippen LogP contribution in [0.1, 0.15) is 16.7 Å². The molecule has 3 aromatic carbocycles. The van der Waals surface area contributed by atoms with Crippen LogP contribution in [0.4, 0.5) is 0 Å². The summed E-state index contributed by atoms with van der Waals surface area (Å²) in [5.41, 5.74) is 5.10. The topological polar surface area (TPSA) is 9.23 Å². The summed E-state index contributed by atoms with van der Waals surface area (Å²) >= 11 is 0.249. The third kappa shape index (κ3) is 3.03. The Hall–Kier alpha value is -2.28. The summed E-state index contributed by atoms with van der Waals surface area (Å²) in [6.07, 6.45) is 0. The molecule has 0 radical (unpaired) electrons. The van der Waals surface area contributed by atoms with Crippen LogP contribution >= 0.6 is 0 Å². The van der Waals surface area contributed by atoms with Crippen molar-refractivity contribution in [2.75, 3.05) is 6.61 Å². The Kier molecular flexibility index (Phi) is 4.25. The van der Waals surface area contributed by atoms with E-state index in [9.17, 15) is 0 Å². The van der Waals surface area contributed by atoms with E-state index >= 15 is 0 Å². The fourth-order valence-corrected chi connectivity index (χ4v) is 5.21. The van der Waals surface area contributed by atoms with Gasteiger partial charge < -0.3 is 0 Å². The van der Waals surface area contributed by atoms with Crippen LogP contribution < -0.4 is 9.20 Å². The molecule has 1 nitrogen and oxygen atoms in total. The average molecular weight is 377 g/mol. The zero-order valence-electron chi connectivity index (χ0n) is 13.5. The first-order valence-electron chi connectivity index (χ1n) is 8.06. The molecule has 0 amide bonds. The van der Waals surface area contributed by atoms with Crippen molar-refractivity contribution in [2.24, 2.45) is 0 Å². The number of hydrogen-bond acceptors (Lipinski definition) is 1. The quantitative estimate of drug-likeness (QED) is 0.619. The monoisotopic (exact) mass is 378 g/mol. The van der Waals surface area contributed by atoms with Gasteiger partial charge in [-0.3, -0.25) is 0 Å². The van der Waals surface area contributed by atoms with E-state index in [0.717, 1.165) is 5.75 Å². The first-order chi connectivity index (χ1) is 11.8. The van der Waals surface area contributed by atoms with Crippen molar-refractivity contribution in [3.63, 3.8) is 0 Å². The number of rotatable bonds is 3. The third-order valence-corrected chi connectivity index (χ3v) is 6.58. The second kappa shape index (κ2) is 6.68. The number of aryl methyl sites for hydroxylation is 1. The molecule has 0 unspecified atom stereocenters. The number of hydrogen-bond donors (Lipinski definition) is 0. The first kappa shape index (κ1) is 15.3. The molecule has 0 aliphatic carbocycles. The molecule has 0 saturated carbocycles. The molecule has 0 saturated heterocycles. The van der Waals surface area contributed by atoms with E-state index < -0.39 is 0 Å². The van der Waals surface area contributed by atoms with E-state index in [1.165, 1.54) is 31.2 Å². The number of fused-ring (bicyclic) bond motifs is 1. The van der Waals surface area contributed by atoms with Crippen LogP contribution in [-0.4, -0.2) is 21.6 Å². The molecule has 1 heterocycles. The van der Waals surface area contributed by atoms with E-state index in [1.807, 2.05) is 0 Å². The van der Waals surface area contributed by atoms with E-state index in [1.54, 1.807) is 0 Å². The van der Waals surface area contributed by atoms with Gasteiger partial charge in [0.15, 0.2) is 0 Å². The van der Waals surface area contributed by atoms with Gasteiger partial charge in [-0.2, -0.15) is 0 Å². The Balaban J connectivity index is 1.88. The molecule has 0 fully saturated rings. The molecule has 1 aliphatic rings. The van der Waals surface area contributed by atoms with Crippen molar-refractivity contribution < 1.29 is 4.74 Å². The standard InChI is InChI=1S/C22H18OSe/c1-16-12-13-21-19(14-16)22(24-18-10-6-3-7-11-18)20(15-23-21)17-8-4-2-5-9-17/h2-14H,15H2,1H3. The molecule has 24 heavy (non-hydrogen) atoms. The minimum absolute atomic E-state index is 0.249. The SMILES string of the molecule is Cc1ccc2c(c1)C([Se]c1ccccc1)=C(c1ccccc1)CO2. The van der Waals surface area contributed by atoms with Gasteiger partial charge in [0.1, 0.15) is 0 Å². The van der Waals surface area contributed by atoms with Gasteiger partial charge in [0.2, 0.25) is 0 Å². The van der Waals surface area contributed by atoms with Gasteiger partial charge in [0, 0.05) is 0 Å². The third-order valence-electron chi connectivity index (χ3n) is 4.11. The van der Waals surface area contributed by atoms with Crippen LogP contribution in [0.2, 0.25) is 0 Å². The fourth-order valence-electron chi connectivity index (χ4n) is 2.90. The zero-order chi connectivity index (χ0) is 16.4. The Morgan fingerprint density at radius 1 is 0.833 bits per heavy atom. The molecule has 1 aliphatic heterocycles. The fraction of sp³-hybridized carbons (Fsp3) is 0.0909. The van der Waals surface area contributed by atoms with E-state index in [0.29, 0.717) is 6.61 Å². The molecule has 2 heteroatoms. The van der Waals surface area contributed by atoms with Gasteiger partial charge in [-0.15, -0.1) is 0 Å². The molecule has 118 valence electrons. The summed E-state index contributed by atoms with van der Waals surface area (Å²) in [5.74, 6) is 1.01. The normalized spacial score (nSPS) is 13.4. The summed E-state index contributed by atoms with van der Waals surface area (Å²) < 4.78 is 8.89. The van der Waals surface area contributed by atoms with Crippen molar-refractivity contribution in [3.05, 3.63) is 95.6 Å². The minimum atomic E-state index is 0.249. The number of benzene rings is 3. The maximum absolute atomic E-state index is 6.07. The average Bonchev–Trinajstić information content (AvgIpc) is 2.64. The molecule has 0 aromatic heterocycles. The molecule has 0 atom stereocenters. The molecule has 0 bridgehead atoms. The van der Waals surface area contributed by atoms with Gasteiger partial charge >= 0.3 is 149 Å². The molecular weight excluding hydrogens is 359 g/mol. The molecule has 3 aromatic rings. The van der Waals surface area contributed by atoms with Crippen molar-refractivity contribution in [1.29, 1.82) is 0 Å². The van der Waals surface area contributed by atoms with E-state index in [-0.39, 0.29) is 15.0 Å². The molecule has 0 spiro atoms. The predicted molar refractivity (Wildman–Crippen MR) is 102 cm³/mol. The van der Waals surface area contributed by atoms with Crippen LogP contribution in [0.25, 0.3) is 10.0 Å².